The Bertz CT molecular complexity index is 664. The third kappa shape index (κ3) is 3.11. The summed E-state index contributed by atoms with van der Waals surface area (Å²) in [6.07, 6.45) is 0.479. The molecular formula is C15H20N2O3S. The molecule has 1 heterocycles. The third-order valence-electron chi connectivity index (χ3n) is 3.33. The molecule has 0 unspecified atom stereocenters. The molecule has 0 radical (unpaired) electrons. The molecule has 1 aromatic carbocycles. The maximum Gasteiger partial charge on any atom is 0.263 e. The Hall–Kier alpha value is -1.79. The number of hydrogen-bond acceptors (Lipinski definition) is 5. The number of nitrogen functional groups attached to an aromatic ring is 1. The van der Waals surface area contributed by atoms with Crippen molar-refractivity contribution in [1.29, 1.82) is 0 Å². The van der Waals surface area contributed by atoms with Crippen molar-refractivity contribution in [2.45, 2.75) is 25.8 Å². The highest BCUT2D eigenvalue weighted by Gasteiger charge is 2.24. The van der Waals surface area contributed by atoms with Gasteiger partial charge in [0, 0.05) is 16.8 Å². The summed E-state index contributed by atoms with van der Waals surface area (Å²) in [5, 5.41) is 12.7. The van der Waals surface area contributed by atoms with Crippen molar-refractivity contribution in [2.75, 3.05) is 19.5 Å². The minimum atomic E-state index is -0.488. The van der Waals surface area contributed by atoms with Crippen LogP contribution in [0.25, 0.3) is 10.1 Å². The first kappa shape index (κ1) is 15.6. The number of aliphatic hydroxyl groups excluding tert-OH is 1. The average molecular weight is 308 g/mol. The van der Waals surface area contributed by atoms with Gasteiger partial charge in [-0.2, -0.15) is 0 Å². The zero-order valence-corrected chi connectivity index (χ0v) is 13.2. The molecule has 0 atom stereocenters. The number of thiophene rings is 1. The Morgan fingerprint density at radius 1 is 1.48 bits per heavy atom. The SMILES string of the molecule is COc1cccc2sc(C(=O)NC(C)(C)CCO)c(N)c12. The molecule has 0 saturated heterocycles. The van der Waals surface area contributed by atoms with Gasteiger partial charge in [-0.15, -0.1) is 11.3 Å². The number of nitrogens with two attached hydrogens (primary N) is 1. The molecule has 0 spiro atoms. The van der Waals surface area contributed by atoms with Gasteiger partial charge in [0.2, 0.25) is 0 Å². The summed E-state index contributed by atoms with van der Waals surface area (Å²) in [7, 11) is 1.58. The zero-order valence-electron chi connectivity index (χ0n) is 12.4. The van der Waals surface area contributed by atoms with Crippen LogP contribution in [0.1, 0.15) is 29.9 Å². The van der Waals surface area contributed by atoms with Gasteiger partial charge in [0.15, 0.2) is 0 Å². The topological polar surface area (TPSA) is 84.6 Å². The molecule has 21 heavy (non-hydrogen) atoms. The Morgan fingerprint density at radius 2 is 2.19 bits per heavy atom. The Balaban J connectivity index is 2.39. The largest absolute Gasteiger partial charge is 0.496 e. The van der Waals surface area contributed by atoms with Gasteiger partial charge in [-0.1, -0.05) is 6.07 Å². The van der Waals surface area contributed by atoms with Crippen molar-refractivity contribution >= 4 is 33.0 Å². The quantitative estimate of drug-likeness (QED) is 0.792. The first-order valence-corrected chi connectivity index (χ1v) is 7.49. The lowest BCUT2D eigenvalue weighted by Crippen LogP contribution is -2.43. The molecule has 0 aliphatic rings. The number of hydrogen-bond donors (Lipinski definition) is 3. The van der Waals surface area contributed by atoms with Crippen LogP contribution in [0.4, 0.5) is 5.69 Å². The number of aliphatic hydroxyl groups is 1. The van der Waals surface area contributed by atoms with Crippen LogP contribution in [0.15, 0.2) is 18.2 Å². The highest BCUT2D eigenvalue weighted by Crippen LogP contribution is 2.39. The highest BCUT2D eigenvalue weighted by molar-refractivity contribution is 7.21. The van der Waals surface area contributed by atoms with Crippen LogP contribution in [-0.4, -0.2) is 30.3 Å². The summed E-state index contributed by atoms with van der Waals surface area (Å²) in [5.74, 6) is 0.434. The van der Waals surface area contributed by atoms with Crippen LogP contribution >= 0.6 is 11.3 Å². The molecule has 2 rings (SSSR count). The number of rotatable bonds is 5. The van der Waals surface area contributed by atoms with E-state index in [1.807, 2.05) is 32.0 Å². The maximum absolute atomic E-state index is 12.4. The summed E-state index contributed by atoms with van der Waals surface area (Å²) in [5.41, 5.74) is 6.08. The average Bonchev–Trinajstić information content (AvgIpc) is 2.76. The van der Waals surface area contributed by atoms with Crippen LogP contribution in [-0.2, 0) is 0 Å². The number of amides is 1. The Morgan fingerprint density at radius 3 is 2.81 bits per heavy atom. The van der Waals surface area contributed by atoms with Crippen LogP contribution in [0.2, 0.25) is 0 Å². The van der Waals surface area contributed by atoms with Crippen LogP contribution in [0.3, 0.4) is 0 Å². The lowest BCUT2D eigenvalue weighted by molar-refractivity contribution is 0.0904. The van der Waals surface area contributed by atoms with E-state index in [9.17, 15) is 4.79 Å². The number of fused-ring (bicyclic) bond motifs is 1. The fourth-order valence-electron chi connectivity index (χ4n) is 2.18. The summed E-state index contributed by atoms with van der Waals surface area (Å²) in [6.45, 7) is 3.75. The van der Waals surface area contributed by atoms with E-state index in [-0.39, 0.29) is 12.5 Å². The second-order valence-corrected chi connectivity index (χ2v) is 6.54. The van der Waals surface area contributed by atoms with Gasteiger partial charge in [0.05, 0.1) is 18.2 Å². The van der Waals surface area contributed by atoms with E-state index < -0.39 is 5.54 Å². The van der Waals surface area contributed by atoms with Crippen molar-refractivity contribution < 1.29 is 14.6 Å². The van der Waals surface area contributed by atoms with Crippen molar-refractivity contribution in [3.05, 3.63) is 23.1 Å². The van der Waals surface area contributed by atoms with E-state index in [0.717, 1.165) is 10.1 Å². The predicted octanol–water partition coefficient (Wildman–Crippen LogP) is 2.38. The second-order valence-electron chi connectivity index (χ2n) is 5.49. The summed E-state index contributed by atoms with van der Waals surface area (Å²) >= 11 is 1.34. The number of nitrogens with one attached hydrogen (secondary N) is 1. The molecule has 0 aliphatic heterocycles. The van der Waals surface area contributed by atoms with Gasteiger partial charge in [-0.25, -0.2) is 0 Å². The summed E-state index contributed by atoms with van der Waals surface area (Å²) < 4.78 is 6.22. The molecule has 4 N–H and O–H groups in total. The highest BCUT2D eigenvalue weighted by atomic mass is 32.1. The number of ether oxygens (including phenoxy) is 1. The number of anilines is 1. The fourth-order valence-corrected chi connectivity index (χ4v) is 3.22. The van der Waals surface area contributed by atoms with E-state index in [1.54, 1.807) is 7.11 Å². The number of benzene rings is 1. The molecular weight excluding hydrogens is 288 g/mol. The molecule has 0 aliphatic carbocycles. The van der Waals surface area contributed by atoms with E-state index in [4.69, 9.17) is 15.6 Å². The van der Waals surface area contributed by atoms with Crippen molar-refractivity contribution in [3.8, 4) is 5.75 Å². The summed E-state index contributed by atoms with van der Waals surface area (Å²) in [6, 6.07) is 5.60. The zero-order chi connectivity index (χ0) is 15.6. The van der Waals surface area contributed by atoms with Gasteiger partial charge >= 0.3 is 0 Å². The maximum atomic E-state index is 12.4. The van der Waals surface area contributed by atoms with Crippen molar-refractivity contribution in [2.24, 2.45) is 0 Å². The van der Waals surface area contributed by atoms with Crippen molar-refractivity contribution in [1.82, 2.24) is 5.32 Å². The fraction of sp³-hybridized carbons (Fsp3) is 0.400. The minimum absolute atomic E-state index is 0.0169. The number of carbonyl (C=O) groups excluding carboxylic acids is 1. The van der Waals surface area contributed by atoms with E-state index in [0.29, 0.717) is 22.7 Å². The van der Waals surface area contributed by atoms with E-state index in [1.165, 1.54) is 11.3 Å². The molecule has 0 fully saturated rings. The van der Waals surface area contributed by atoms with Gasteiger partial charge in [-0.05, 0) is 32.4 Å². The minimum Gasteiger partial charge on any atom is -0.496 e. The first-order chi connectivity index (χ1) is 9.89. The van der Waals surface area contributed by atoms with Gasteiger partial charge < -0.3 is 20.9 Å². The molecule has 2 aromatic rings. The van der Waals surface area contributed by atoms with Crippen molar-refractivity contribution in [3.63, 3.8) is 0 Å². The molecule has 0 bridgehead atoms. The summed E-state index contributed by atoms with van der Waals surface area (Å²) in [4.78, 5) is 12.9. The van der Waals surface area contributed by atoms with E-state index >= 15 is 0 Å². The normalized spacial score (nSPS) is 11.6. The van der Waals surface area contributed by atoms with Crippen LogP contribution in [0, 0.1) is 0 Å². The van der Waals surface area contributed by atoms with Crippen LogP contribution in [0.5, 0.6) is 5.75 Å². The van der Waals surface area contributed by atoms with Gasteiger partial charge in [0.1, 0.15) is 10.6 Å². The molecule has 114 valence electrons. The first-order valence-electron chi connectivity index (χ1n) is 6.68. The van der Waals surface area contributed by atoms with Crippen LogP contribution < -0.4 is 15.8 Å². The Labute approximate surface area is 127 Å². The molecule has 1 amide bonds. The van der Waals surface area contributed by atoms with Gasteiger partial charge in [-0.3, -0.25) is 4.79 Å². The molecule has 0 saturated carbocycles. The number of carbonyl (C=O) groups is 1. The van der Waals surface area contributed by atoms with E-state index in [2.05, 4.69) is 5.32 Å². The smallest absolute Gasteiger partial charge is 0.263 e. The lowest BCUT2D eigenvalue weighted by Gasteiger charge is -2.25. The molecule has 6 heteroatoms. The standard InChI is InChI=1S/C15H20N2O3S/c1-15(2,7-8-18)17-14(19)13-12(16)11-9(20-3)5-4-6-10(11)21-13/h4-6,18H,7-8,16H2,1-3H3,(H,17,19). The molecule has 1 aromatic heterocycles. The monoisotopic (exact) mass is 308 g/mol. The predicted molar refractivity (Wildman–Crippen MR) is 86.0 cm³/mol. The lowest BCUT2D eigenvalue weighted by atomic mass is 10.0. The Kier molecular flexibility index (Phi) is 4.39. The number of methoxy groups -OCH3 is 1. The second kappa shape index (κ2) is 5.91. The van der Waals surface area contributed by atoms with Gasteiger partial charge in [0.25, 0.3) is 5.91 Å². The molecule has 5 nitrogen and oxygen atoms in total. The third-order valence-corrected chi connectivity index (χ3v) is 4.50.